The van der Waals surface area contributed by atoms with E-state index in [1.807, 2.05) is 42.5 Å². The number of ether oxygens (including phenoxy) is 1. The van der Waals surface area contributed by atoms with Gasteiger partial charge in [0.15, 0.2) is 0 Å². The lowest BCUT2D eigenvalue weighted by Crippen LogP contribution is -2.30. The van der Waals surface area contributed by atoms with Gasteiger partial charge in [-0.25, -0.2) is 8.42 Å². The molecule has 0 saturated carbocycles. The van der Waals surface area contributed by atoms with Gasteiger partial charge in [-0.15, -0.1) is 0 Å². The SMILES string of the molecule is CCN(CC)S(=O)(=O)c1ccc(OC)c(NC(=O)CCc2ccc(-c3ccccc3)o2)c1. The first-order valence-corrected chi connectivity index (χ1v) is 11.9. The highest BCUT2D eigenvalue weighted by Crippen LogP contribution is 2.29. The second kappa shape index (κ2) is 10.5. The summed E-state index contributed by atoms with van der Waals surface area (Å²) < 4.78 is 38.1. The normalized spacial score (nSPS) is 11.5. The first-order valence-electron chi connectivity index (χ1n) is 10.5. The lowest BCUT2D eigenvalue weighted by Gasteiger charge is -2.19. The number of nitrogens with one attached hydrogen (secondary N) is 1. The number of hydrogen-bond donors (Lipinski definition) is 1. The molecule has 7 nitrogen and oxygen atoms in total. The minimum Gasteiger partial charge on any atom is -0.495 e. The van der Waals surface area contributed by atoms with Crippen LogP contribution in [0, 0.1) is 0 Å². The maximum atomic E-state index is 12.8. The van der Waals surface area contributed by atoms with Gasteiger partial charge in [-0.1, -0.05) is 44.2 Å². The molecule has 3 aromatic rings. The molecule has 1 aromatic heterocycles. The van der Waals surface area contributed by atoms with Crippen molar-refractivity contribution < 1.29 is 22.4 Å². The predicted molar refractivity (Wildman–Crippen MR) is 124 cm³/mol. The summed E-state index contributed by atoms with van der Waals surface area (Å²) in [5.74, 6) is 1.57. The number of hydrogen-bond acceptors (Lipinski definition) is 5. The zero-order valence-corrected chi connectivity index (χ0v) is 19.3. The standard InChI is InChI=1S/C24H28N2O5S/c1-4-26(5-2)32(28,29)20-13-15-23(30-3)21(17-20)25-24(27)16-12-19-11-14-22(31-19)18-9-7-6-8-10-18/h6-11,13-15,17H,4-5,12,16H2,1-3H3,(H,25,27). The van der Waals surface area contributed by atoms with Gasteiger partial charge in [0.25, 0.3) is 0 Å². The Labute approximate surface area is 189 Å². The van der Waals surface area contributed by atoms with Crippen LogP contribution in [0.1, 0.15) is 26.0 Å². The summed E-state index contributed by atoms with van der Waals surface area (Å²) in [7, 11) is -2.18. The topological polar surface area (TPSA) is 88.9 Å². The fourth-order valence-corrected chi connectivity index (χ4v) is 4.86. The van der Waals surface area contributed by atoms with Crippen LogP contribution in [0.2, 0.25) is 0 Å². The Bertz CT molecular complexity index is 1150. The third-order valence-electron chi connectivity index (χ3n) is 5.11. The van der Waals surface area contributed by atoms with Crippen molar-refractivity contribution in [1.82, 2.24) is 4.31 Å². The number of benzene rings is 2. The van der Waals surface area contributed by atoms with E-state index < -0.39 is 10.0 Å². The summed E-state index contributed by atoms with van der Waals surface area (Å²) >= 11 is 0. The van der Waals surface area contributed by atoms with E-state index in [0.29, 0.717) is 36.7 Å². The highest BCUT2D eigenvalue weighted by Gasteiger charge is 2.23. The molecule has 1 heterocycles. The molecule has 2 aromatic carbocycles. The number of sulfonamides is 1. The molecule has 0 saturated heterocycles. The van der Waals surface area contributed by atoms with Crippen LogP contribution in [0.5, 0.6) is 5.75 Å². The molecule has 0 atom stereocenters. The molecule has 0 unspecified atom stereocenters. The monoisotopic (exact) mass is 456 g/mol. The van der Waals surface area contributed by atoms with Crippen LogP contribution in [-0.4, -0.2) is 38.8 Å². The van der Waals surface area contributed by atoms with Crippen molar-refractivity contribution in [3.8, 4) is 17.1 Å². The van der Waals surface area contributed by atoms with Crippen LogP contribution in [0.15, 0.2) is 70.0 Å². The number of methoxy groups -OCH3 is 1. The maximum absolute atomic E-state index is 12.8. The molecule has 8 heteroatoms. The van der Waals surface area contributed by atoms with Crippen LogP contribution in [0.4, 0.5) is 5.69 Å². The molecule has 170 valence electrons. The molecule has 0 aliphatic carbocycles. The van der Waals surface area contributed by atoms with E-state index in [4.69, 9.17) is 9.15 Å². The summed E-state index contributed by atoms with van der Waals surface area (Å²) in [5, 5.41) is 2.77. The lowest BCUT2D eigenvalue weighted by molar-refractivity contribution is -0.116. The number of aryl methyl sites for hydroxylation is 1. The minimum atomic E-state index is -3.65. The summed E-state index contributed by atoms with van der Waals surface area (Å²) in [6, 6.07) is 17.9. The van der Waals surface area contributed by atoms with Gasteiger partial charge in [0, 0.05) is 31.5 Å². The van der Waals surface area contributed by atoms with Gasteiger partial charge in [0.2, 0.25) is 15.9 Å². The largest absolute Gasteiger partial charge is 0.495 e. The van der Waals surface area contributed by atoms with Gasteiger partial charge < -0.3 is 14.5 Å². The summed E-state index contributed by atoms with van der Waals surface area (Å²) in [4.78, 5) is 12.7. The van der Waals surface area contributed by atoms with E-state index in [0.717, 1.165) is 11.3 Å². The van der Waals surface area contributed by atoms with Gasteiger partial charge in [0.05, 0.1) is 17.7 Å². The number of carbonyl (C=O) groups is 1. The summed E-state index contributed by atoms with van der Waals surface area (Å²) in [5.41, 5.74) is 1.29. The van der Waals surface area contributed by atoms with Gasteiger partial charge in [-0.3, -0.25) is 4.79 Å². The van der Waals surface area contributed by atoms with Crippen LogP contribution >= 0.6 is 0 Å². The third kappa shape index (κ3) is 5.38. The fourth-order valence-electron chi connectivity index (χ4n) is 3.38. The molecule has 0 aliphatic heterocycles. The van der Waals surface area contributed by atoms with Crippen molar-refractivity contribution in [2.45, 2.75) is 31.6 Å². The molecule has 0 fully saturated rings. The van der Waals surface area contributed by atoms with E-state index >= 15 is 0 Å². The third-order valence-corrected chi connectivity index (χ3v) is 7.15. The molecule has 32 heavy (non-hydrogen) atoms. The Morgan fingerprint density at radius 3 is 2.41 bits per heavy atom. The molecule has 0 spiro atoms. The molecule has 1 amide bonds. The Hall–Kier alpha value is -3.10. The van der Waals surface area contributed by atoms with Crippen LogP contribution in [0.3, 0.4) is 0 Å². The number of nitrogens with zero attached hydrogens (tertiary/aromatic N) is 1. The van der Waals surface area contributed by atoms with Crippen molar-refractivity contribution >= 4 is 21.6 Å². The van der Waals surface area contributed by atoms with E-state index in [1.54, 1.807) is 19.9 Å². The highest BCUT2D eigenvalue weighted by atomic mass is 32.2. The van der Waals surface area contributed by atoms with Gasteiger partial charge in [-0.2, -0.15) is 4.31 Å². The van der Waals surface area contributed by atoms with E-state index in [1.165, 1.54) is 23.5 Å². The molecule has 0 bridgehead atoms. The van der Waals surface area contributed by atoms with Crippen LogP contribution < -0.4 is 10.1 Å². The Kier molecular flexibility index (Phi) is 7.71. The number of carbonyl (C=O) groups excluding carboxylic acids is 1. The highest BCUT2D eigenvalue weighted by molar-refractivity contribution is 7.89. The average molecular weight is 457 g/mol. The van der Waals surface area contributed by atoms with Crippen molar-refractivity contribution in [2.24, 2.45) is 0 Å². The first-order chi connectivity index (χ1) is 15.4. The predicted octanol–water partition coefficient (Wildman–Crippen LogP) is 4.56. The van der Waals surface area contributed by atoms with Gasteiger partial charge in [-0.05, 0) is 30.3 Å². The lowest BCUT2D eigenvalue weighted by atomic mass is 10.2. The quantitative estimate of drug-likeness (QED) is 0.483. The van der Waals surface area contributed by atoms with E-state index in [2.05, 4.69) is 5.32 Å². The maximum Gasteiger partial charge on any atom is 0.243 e. The average Bonchev–Trinajstić information content (AvgIpc) is 3.28. The molecule has 0 radical (unpaired) electrons. The first kappa shape index (κ1) is 23.6. The summed E-state index contributed by atoms with van der Waals surface area (Å²) in [6.07, 6.45) is 0.594. The Morgan fingerprint density at radius 2 is 1.75 bits per heavy atom. The molecule has 3 rings (SSSR count). The number of amides is 1. The Morgan fingerprint density at radius 1 is 1.03 bits per heavy atom. The molecular formula is C24H28N2O5S. The number of rotatable bonds is 10. The number of furan rings is 1. The van der Waals surface area contributed by atoms with Crippen molar-refractivity contribution in [3.63, 3.8) is 0 Å². The summed E-state index contributed by atoms with van der Waals surface area (Å²) in [6.45, 7) is 4.29. The Balaban J connectivity index is 1.70. The van der Waals surface area contributed by atoms with Gasteiger partial charge in [0.1, 0.15) is 17.3 Å². The molecule has 0 aliphatic rings. The van der Waals surface area contributed by atoms with Crippen LogP contribution in [-0.2, 0) is 21.2 Å². The van der Waals surface area contributed by atoms with Crippen molar-refractivity contribution in [2.75, 3.05) is 25.5 Å². The molecule has 1 N–H and O–H groups in total. The smallest absolute Gasteiger partial charge is 0.243 e. The van der Waals surface area contributed by atoms with E-state index in [-0.39, 0.29) is 17.2 Å². The zero-order valence-electron chi connectivity index (χ0n) is 18.5. The zero-order chi connectivity index (χ0) is 23.1. The second-order valence-electron chi connectivity index (χ2n) is 7.13. The van der Waals surface area contributed by atoms with E-state index in [9.17, 15) is 13.2 Å². The van der Waals surface area contributed by atoms with Crippen molar-refractivity contribution in [1.29, 1.82) is 0 Å². The van der Waals surface area contributed by atoms with Crippen LogP contribution in [0.25, 0.3) is 11.3 Å². The molecular weight excluding hydrogens is 428 g/mol. The fraction of sp³-hybridized carbons (Fsp3) is 0.292. The number of anilines is 1. The van der Waals surface area contributed by atoms with Crippen molar-refractivity contribution in [3.05, 3.63) is 66.4 Å². The second-order valence-corrected chi connectivity index (χ2v) is 9.07. The minimum absolute atomic E-state index is 0.107. The van der Waals surface area contributed by atoms with Gasteiger partial charge >= 0.3 is 0 Å².